The number of rotatable bonds is 2. The summed E-state index contributed by atoms with van der Waals surface area (Å²) in [7, 11) is 0. The highest BCUT2D eigenvalue weighted by Crippen LogP contribution is 2.41. The SMILES string of the molecule is CSCC1(C)CC(N)C1.Cl. The number of thioether (sulfide) groups is 1. The molecule has 0 aliphatic heterocycles. The van der Waals surface area contributed by atoms with Crippen LogP contribution in [-0.4, -0.2) is 18.1 Å². The van der Waals surface area contributed by atoms with Gasteiger partial charge in [-0.1, -0.05) is 6.92 Å². The molecular formula is C7H16ClNS. The molecule has 0 atom stereocenters. The first kappa shape index (κ1) is 10.6. The van der Waals surface area contributed by atoms with E-state index >= 15 is 0 Å². The predicted molar refractivity (Wildman–Crippen MR) is 50.9 cm³/mol. The van der Waals surface area contributed by atoms with E-state index in [1.165, 1.54) is 18.6 Å². The minimum absolute atomic E-state index is 0. The van der Waals surface area contributed by atoms with Crippen LogP contribution in [0.3, 0.4) is 0 Å². The van der Waals surface area contributed by atoms with Gasteiger partial charge in [0, 0.05) is 6.04 Å². The molecule has 0 aromatic rings. The Morgan fingerprint density at radius 1 is 1.60 bits per heavy atom. The fourth-order valence-corrected chi connectivity index (χ4v) is 2.61. The van der Waals surface area contributed by atoms with E-state index in [1.807, 2.05) is 11.8 Å². The zero-order valence-corrected chi connectivity index (χ0v) is 8.23. The van der Waals surface area contributed by atoms with Gasteiger partial charge < -0.3 is 5.73 Å². The Hall–Kier alpha value is 0.600. The van der Waals surface area contributed by atoms with Crippen molar-refractivity contribution in [1.82, 2.24) is 0 Å². The van der Waals surface area contributed by atoms with Crippen LogP contribution in [0, 0.1) is 5.41 Å². The van der Waals surface area contributed by atoms with Crippen molar-refractivity contribution in [3.63, 3.8) is 0 Å². The summed E-state index contributed by atoms with van der Waals surface area (Å²) in [6, 6.07) is 0.502. The summed E-state index contributed by atoms with van der Waals surface area (Å²) >= 11 is 1.93. The van der Waals surface area contributed by atoms with Gasteiger partial charge in [-0.05, 0) is 30.3 Å². The summed E-state index contributed by atoms with van der Waals surface area (Å²) in [6.45, 7) is 2.33. The summed E-state index contributed by atoms with van der Waals surface area (Å²) in [5.41, 5.74) is 6.26. The van der Waals surface area contributed by atoms with Gasteiger partial charge in [-0.15, -0.1) is 12.4 Å². The Kier molecular flexibility index (Phi) is 4.07. The third kappa shape index (κ3) is 2.33. The second-order valence-electron chi connectivity index (χ2n) is 3.41. The standard InChI is InChI=1S/C7H15NS.ClH/c1-7(5-9-2)3-6(8)4-7;/h6H,3-5,8H2,1-2H3;1H. The Labute approximate surface area is 73.5 Å². The average Bonchev–Trinajstić information content (AvgIpc) is 1.62. The maximum absolute atomic E-state index is 5.68. The van der Waals surface area contributed by atoms with E-state index in [9.17, 15) is 0 Å². The van der Waals surface area contributed by atoms with Crippen molar-refractivity contribution in [2.24, 2.45) is 11.1 Å². The highest BCUT2D eigenvalue weighted by molar-refractivity contribution is 7.98. The van der Waals surface area contributed by atoms with E-state index < -0.39 is 0 Å². The Morgan fingerprint density at radius 2 is 2.10 bits per heavy atom. The van der Waals surface area contributed by atoms with Crippen molar-refractivity contribution in [2.75, 3.05) is 12.0 Å². The van der Waals surface area contributed by atoms with Gasteiger partial charge in [0.1, 0.15) is 0 Å². The molecule has 0 aromatic carbocycles. The van der Waals surface area contributed by atoms with E-state index in [0.29, 0.717) is 11.5 Å². The number of hydrogen-bond acceptors (Lipinski definition) is 2. The number of nitrogens with two attached hydrogens (primary N) is 1. The van der Waals surface area contributed by atoms with Gasteiger partial charge in [0.15, 0.2) is 0 Å². The van der Waals surface area contributed by atoms with Crippen LogP contribution in [0.1, 0.15) is 19.8 Å². The third-order valence-corrected chi connectivity index (χ3v) is 2.99. The molecule has 1 fully saturated rings. The molecule has 1 rings (SSSR count). The molecule has 3 heteroatoms. The van der Waals surface area contributed by atoms with Gasteiger partial charge in [0.05, 0.1) is 0 Å². The lowest BCUT2D eigenvalue weighted by atomic mass is 9.69. The molecule has 1 aliphatic carbocycles. The Bertz CT molecular complexity index is 96.3. The fraction of sp³-hybridized carbons (Fsp3) is 1.00. The zero-order valence-electron chi connectivity index (χ0n) is 6.59. The van der Waals surface area contributed by atoms with E-state index in [1.54, 1.807) is 0 Å². The summed E-state index contributed by atoms with van der Waals surface area (Å²) < 4.78 is 0. The first-order chi connectivity index (χ1) is 4.16. The summed E-state index contributed by atoms with van der Waals surface area (Å²) in [5.74, 6) is 1.28. The predicted octanol–water partition coefficient (Wildman–Crippen LogP) is 1.90. The van der Waals surface area contributed by atoms with Gasteiger partial charge >= 0.3 is 0 Å². The zero-order chi connectivity index (χ0) is 6.91. The average molecular weight is 182 g/mol. The van der Waals surface area contributed by atoms with Gasteiger partial charge in [-0.25, -0.2) is 0 Å². The minimum atomic E-state index is 0. The molecule has 0 aromatic heterocycles. The maximum atomic E-state index is 5.68. The quantitative estimate of drug-likeness (QED) is 0.705. The molecule has 0 bridgehead atoms. The van der Waals surface area contributed by atoms with Gasteiger partial charge in [0.2, 0.25) is 0 Å². The van der Waals surface area contributed by atoms with Crippen molar-refractivity contribution < 1.29 is 0 Å². The van der Waals surface area contributed by atoms with Crippen LogP contribution in [-0.2, 0) is 0 Å². The normalized spacial score (nSPS) is 38.1. The second kappa shape index (κ2) is 3.84. The van der Waals surface area contributed by atoms with Crippen LogP contribution in [0.25, 0.3) is 0 Å². The van der Waals surface area contributed by atoms with E-state index in [2.05, 4.69) is 13.2 Å². The van der Waals surface area contributed by atoms with Crippen molar-refractivity contribution >= 4 is 24.2 Å². The monoisotopic (exact) mass is 181 g/mol. The summed E-state index contributed by atoms with van der Waals surface area (Å²) in [6.07, 6.45) is 4.62. The van der Waals surface area contributed by atoms with Crippen LogP contribution in [0.5, 0.6) is 0 Å². The number of halogens is 1. The highest BCUT2D eigenvalue weighted by Gasteiger charge is 2.37. The van der Waals surface area contributed by atoms with Crippen LogP contribution >= 0.6 is 24.2 Å². The lowest BCUT2D eigenvalue weighted by Crippen LogP contribution is -2.45. The topological polar surface area (TPSA) is 26.0 Å². The Balaban J connectivity index is 0.000000810. The lowest BCUT2D eigenvalue weighted by molar-refractivity contribution is 0.161. The molecule has 0 saturated heterocycles. The van der Waals surface area contributed by atoms with E-state index in [-0.39, 0.29) is 12.4 Å². The molecule has 1 aliphatic rings. The van der Waals surface area contributed by atoms with Gasteiger partial charge in [-0.2, -0.15) is 11.8 Å². The lowest BCUT2D eigenvalue weighted by Gasteiger charge is -2.43. The highest BCUT2D eigenvalue weighted by atomic mass is 35.5. The van der Waals surface area contributed by atoms with Crippen LogP contribution in [0.2, 0.25) is 0 Å². The second-order valence-corrected chi connectivity index (χ2v) is 4.28. The van der Waals surface area contributed by atoms with E-state index in [4.69, 9.17) is 5.73 Å². The van der Waals surface area contributed by atoms with Crippen molar-refractivity contribution in [2.45, 2.75) is 25.8 Å². The molecule has 62 valence electrons. The van der Waals surface area contributed by atoms with Gasteiger partial charge in [0.25, 0.3) is 0 Å². The third-order valence-electron chi connectivity index (χ3n) is 2.00. The minimum Gasteiger partial charge on any atom is -0.328 e. The largest absolute Gasteiger partial charge is 0.328 e. The van der Waals surface area contributed by atoms with Crippen LogP contribution < -0.4 is 5.73 Å². The van der Waals surface area contributed by atoms with Crippen molar-refractivity contribution in [3.05, 3.63) is 0 Å². The molecule has 0 spiro atoms. The maximum Gasteiger partial charge on any atom is 0.00498 e. The molecular weight excluding hydrogens is 166 g/mol. The first-order valence-electron chi connectivity index (χ1n) is 3.41. The smallest absolute Gasteiger partial charge is 0.00498 e. The van der Waals surface area contributed by atoms with Crippen LogP contribution in [0.15, 0.2) is 0 Å². The molecule has 0 amide bonds. The molecule has 0 heterocycles. The molecule has 10 heavy (non-hydrogen) atoms. The van der Waals surface area contributed by atoms with Crippen LogP contribution in [0.4, 0.5) is 0 Å². The molecule has 0 radical (unpaired) electrons. The molecule has 1 saturated carbocycles. The van der Waals surface area contributed by atoms with Gasteiger partial charge in [-0.3, -0.25) is 0 Å². The number of hydrogen-bond donors (Lipinski definition) is 1. The fourth-order valence-electron chi connectivity index (χ4n) is 1.67. The van der Waals surface area contributed by atoms with E-state index in [0.717, 1.165) is 0 Å². The molecule has 0 unspecified atom stereocenters. The summed E-state index contributed by atoms with van der Waals surface area (Å²) in [5, 5.41) is 0. The van der Waals surface area contributed by atoms with Crippen molar-refractivity contribution in [1.29, 1.82) is 0 Å². The van der Waals surface area contributed by atoms with Crippen molar-refractivity contribution in [3.8, 4) is 0 Å². The molecule has 2 N–H and O–H groups in total. The molecule has 1 nitrogen and oxygen atoms in total. The Morgan fingerprint density at radius 3 is 2.40 bits per heavy atom. The summed E-state index contributed by atoms with van der Waals surface area (Å²) in [4.78, 5) is 0. The first-order valence-corrected chi connectivity index (χ1v) is 4.80.